The third-order valence-electron chi connectivity index (χ3n) is 6.18. The first-order valence-electron chi connectivity index (χ1n) is 8.20. The Balaban J connectivity index is 1.56. The fourth-order valence-electron chi connectivity index (χ4n) is 5.84. The molecule has 1 aromatic rings. The maximum atomic E-state index is 12.9. The first-order valence-corrected chi connectivity index (χ1v) is 8.20. The minimum Gasteiger partial charge on any atom is -0.390 e. The Morgan fingerprint density at radius 2 is 2.23 bits per heavy atom. The van der Waals surface area contributed by atoms with Gasteiger partial charge in [-0.15, -0.1) is 10.2 Å². The highest BCUT2D eigenvalue weighted by atomic mass is 16.3. The normalized spacial score (nSPS) is 42.5. The molecule has 4 bridgehead atoms. The van der Waals surface area contributed by atoms with Crippen molar-refractivity contribution < 1.29 is 9.90 Å². The molecule has 7 nitrogen and oxygen atoms in total. The topological polar surface area (TPSA) is 104 Å². The molecule has 4 saturated carbocycles. The molecular formula is C15H23N5O2. The molecule has 1 aromatic heterocycles. The molecule has 4 atom stereocenters. The second-order valence-corrected chi connectivity index (χ2v) is 7.88. The third kappa shape index (κ3) is 2.06. The summed E-state index contributed by atoms with van der Waals surface area (Å²) in [5.41, 5.74) is -0.898. The van der Waals surface area contributed by atoms with Gasteiger partial charge in [-0.3, -0.25) is 4.79 Å². The number of tetrazole rings is 1. The highest BCUT2D eigenvalue weighted by Crippen LogP contribution is 2.67. The van der Waals surface area contributed by atoms with E-state index in [1.165, 1.54) is 6.42 Å². The summed E-state index contributed by atoms with van der Waals surface area (Å²) in [6.07, 6.45) is 6.39. The summed E-state index contributed by atoms with van der Waals surface area (Å²) in [6.45, 7) is 2.49. The van der Waals surface area contributed by atoms with Gasteiger partial charge in [0, 0.05) is 0 Å². The Bertz CT molecular complexity index is 591. The first-order chi connectivity index (χ1) is 10.5. The minimum absolute atomic E-state index is 0.0534. The lowest BCUT2D eigenvalue weighted by Gasteiger charge is -2.64. The van der Waals surface area contributed by atoms with E-state index in [9.17, 15) is 9.90 Å². The molecule has 0 aliphatic heterocycles. The van der Waals surface area contributed by atoms with Crippen LogP contribution in [0.1, 0.15) is 57.7 Å². The Kier molecular flexibility index (Phi) is 2.89. The van der Waals surface area contributed by atoms with Gasteiger partial charge >= 0.3 is 0 Å². The van der Waals surface area contributed by atoms with E-state index >= 15 is 0 Å². The first kappa shape index (κ1) is 14.1. The zero-order valence-electron chi connectivity index (χ0n) is 12.9. The van der Waals surface area contributed by atoms with Gasteiger partial charge in [-0.25, -0.2) is 0 Å². The number of carbonyl (C=O) groups is 1. The van der Waals surface area contributed by atoms with Crippen LogP contribution in [0.4, 0.5) is 0 Å². The van der Waals surface area contributed by atoms with Crippen LogP contribution in [0.3, 0.4) is 0 Å². The highest BCUT2D eigenvalue weighted by Gasteiger charge is 2.64. The summed E-state index contributed by atoms with van der Waals surface area (Å²) < 4.78 is 0. The van der Waals surface area contributed by atoms with E-state index in [1.54, 1.807) is 0 Å². The summed E-state index contributed by atoms with van der Waals surface area (Å²) in [7, 11) is 0. The van der Waals surface area contributed by atoms with Gasteiger partial charge < -0.3 is 10.4 Å². The van der Waals surface area contributed by atoms with Gasteiger partial charge in [-0.2, -0.15) is 5.21 Å². The lowest BCUT2D eigenvalue weighted by atomic mass is 9.42. The third-order valence-corrected chi connectivity index (χ3v) is 6.18. The number of H-pyrrole nitrogens is 1. The van der Waals surface area contributed by atoms with E-state index in [-0.39, 0.29) is 11.3 Å². The summed E-state index contributed by atoms with van der Waals surface area (Å²) in [5.74, 6) is 1.02. The van der Waals surface area contributed by atoms with Crippen LogP contribution in [0.5, 0.6) is 0 Å². The highest BCUT2D eigenvalue weighted by molar-refractivity contribution is 5.83. The maximum absolute atomic E-state index is 12.9. The number of hydrogen-bond donors (Lipinski definition) is 3. The minimum atomic E-state index is -0.640. The van der Waals surface area contributed by atoms with Crippen molar-refractivity contribution in [3.63, 3.8) is 0 Å². The van der Waals surface area contributed by atoms with E-state index in [2.05, 4.69) is 32.9 Å². The van der Waals surface area contributed by atoms with E-state index in [4.69, 9.17) is 0 Å². The van der Waals surface area contributed by atoms with Crippen molar-refractivity contribution in [2.45, 2.75) is 64.0 Å². The standard InChI is InChI=1S/C15H23N5O2/c1-2-13-3-10-4-14(7-13,9-15(22,5-10)8-13)12(21)16-6-11-17-19-20-18-11/h10,22H,2-9H2,1H3,(H,16,21)(H,17,18,19,20). The van der Waals surface area contributed by atoms with Crippen molar-refractivity contribution in [2.24, 2.45) is 16.7 Å². The van der Waals surface area contributed by atoms with Crippen molar-refractivity contribution in [2.75, 3.05) is 0 Å². The lowest BCUT2D eigenvalue weighted by Crippen LogP contribution is -2.63. The molecular weight excluding hydrogens is 282 g/mol. The number of amides is 1. The molecule has 7 heteroatoms. The van der Waals surface area contributed by atoms with E-state index in [0.29, 0.717) is 24.7 Å². The summed E-state index contributed by atoms with van der Waals surface area (Å²) in [5, 5.41) is 27.5. The number of nitrogens with one attached hydrogen (secondary N) is 2. The molecule has 4 fully saturated rings. The van der Waals surface area contributed by atoms with Crippen molar-refractivity contribution >= 4 is 5.91 Å². The Morgan fingerprint density at radius 1 is 1.36 bits per heavy atom. The fourth-order valence-corrected chi connectivity index (χ4v) is 5.84. The van der Waals surface area contributed by atoms with Crippen molar-refractivity contribution in [1.82, 2.24) is 25.9 Å². The molecule has 1 amide bonds. The lowest BCUT2D eigenvalue weighted by molar-refractivity contribution is -0.204. The average molecular weight is 305 g/mol. The molecule has 120 valence electrons. The van der Waals surface area contributed by atoms with E-state index < -0.39 is 11.0 Å². The quantitative estimate of drug-likeness (QED) is 0.767. The maximum Gasteiger partial charge on any atom is 0.226 e. The predicted molar refractivity (Wildman–Crippen MR) is 77.3 cm³/mol. The summed E-state index contributed by atoms with van der Waals surface area (Å²) >= 11 is 0. The second-order valence-electron chi connectivity index (χ2n) is 7.88. The average Bonchev–Trinajstić information content (AvgIpc) is 2.95. The van der Waals surface area contributed by atoms with Gasteiger partial charge in [0.2, 0.25) is 5.91 Å². The second kappa shape index (κ2) is 4.50. The zero-order valence-corrected chi connectivity index (χ0v) is 12.9. The molecule has 0 saturated heterocycles. The van der Waals surface area contributed by atoms with Crippen LogP contribution in [0.2, 0.25) is 0 Å². The van der Waals surface area contributed by atoms with Crippen LogP contribution in [-0.4, -0.2) is 37.2 Å². The molecule has 4 aliphatic carbocycles. The smallest absolute Gasteiger partial charge is 0.226 e. The Morgan fingerprint density at radius 3 is 2.91 bits per heavy atom. The summed E-state index contributed by atoms with van der Waals surface area (Å²) in [4.78, 5) is 12.9. The van der Waals surface area contributed by atoms with E-state index in [1.807, 2.05) is 0 Å². The Hall–Kier alpha value is -1.50. The van der Waals surface area contributed by atoms with Gasteiger partial charge in [-0.1, -0.05) is 18.6 Å². The molecule has 0 spiro atoms. The van der Waals surface area contributed by atoms with Crippen molar-refractivity contribution in [3.05, 3.63) is 5.82 Å². The molecule has 4 aliphatic rings. The monoisotopic (exact) mass is 305 g/mol. The van der Waals surface area contributed by atoms with Crippen LogP contribution in [0.25, 0.3) is 0 Å². The molecule has 0 radical (unpaired) electrons. The molecule has 22 heavy (non-hydrogen) atoms. The molecule has 1 heterocycles. The number of hydrogen-bond acceptors (Lipinski definition) is 5. The fraction of sp³-hybridized carbons (Fsp3) is 0.867. The largest absolute Gasteiger partial charge is 0.390 e. The summed E-state index contributed by atoms with van der Waals surface area (Å²) in [6, 6.07) is 0. The number of nitrogens with zero attached hydrogens (tertiary/aromatic N) is 3. The van der Waals surface area contributed by atoms with Gasteiger partial charge in [0.25, 0.3) is 0 Å². The number of aromatic nitrogens is 4. The van der Waals surface area contributed by atoms with E-state index in [0.717, 1.165) is 32.1 Å². The number of aliphatic hydroxyl groups is 1. The zero-order chi connectivity index (χ0) is 15.4. The van der Waals surface area contributed by atoms with Gasteiger partial charge in [-0.05, 0) is 49.9 Å². The molecule has 5 rings (SSSR count). The van der Waals surface area contributed by atoms with Crippen molar-refractivity contribution in [1.29, 1.82) is 0 Å². The number of rotatable bonds is 4. The predicted octanol–water partition coefficient (Wildman–Crippen LogP) is 0.927. The molecule has 4 unspecified atom stereocenters. The van der Waals surface area contributed by atoms with Crippen molar-refractivity contribution in [3.8, 4) is 0 Å². The SMILES string of the molecule is CCC12CC3CC(O)(C1)CC(C(=O)NCc1nn[nH]n1)(C3)C2. The van der Waals surface area contributed by atoms with Crippen LogP contribution in [0.15, 0.2) is 0 Å². The number of carbonyl (C=O) groups excluding carboxylic acids is 1. The molecule has 0 aromatic carbocycles. The van der Waals surface area contributed by atoms with Gasteiger partial charge in [0.05, 0.1) is 17.6 Å². The molecule has 3 N–H and O–H groups in total. The van der Waals surface area contributed by atoms with Crippen LogP contribution in [-0.2, 0) is 11.3 Å². The van der Waals surface area contributed by atoms with Crippen LogP contribution < -0.4 is 5.32 Å². The van der Waals surface area contributed by atoms with Crippen LogP contribution in [0, 0.1) is 16.7 Å². The Labute approximate surface area is 129 Å². The van der Waals surface area contributed by atoms with Gasteiger partial charge in [0.15, 0.2) is 5.82 Å². The number of aromatic amines is 1. The van der Waals surface area contributed by atoms with Gasteiger partial charge in [0.1, 0.15) is 0 Å². The van der Waals surface area contributed by atoms with Crippen LogP contribution >= 0.6 is 0 Å².